The molecule has 0 radical (unpaired) electrons. The second-order valence-corrected chi connectivity index (χ2v) is 4.46. The first-order valence-electron chi connectivity index (χ1n) is 4.79. The topological polar surface area (TPSA) is 99.8 Å². The minimum Gasteiger partial charge on any atom is -0.399 e. The number of aryl methyl sites for hydroxylation is 1. The van der Waals surface area contributed by atoms with Gasteiger partial charge in [0.25, 0.3) is 0 Å². The van der Waals surface area contributed by atoms with Crippen LogP contribution in [0.25, 0.3) is 0 Å². The van der Waals surface area contributed by atoms with Crippen molar-refractivity contribution in [3.63, 3.8) is 0 Å². The van der Waals surface area contributed by atoms with E-state index in [0.29, 0.717) is 21.3 Å². The number of amides is 1. The van der Waals surface area contributed by atoms with Crippen LogP contribution in [-0.2, 0) is 7.05 Å². The Balaban J connectivity index is 2.39. The van der Waals surface area contributed by atoms with Crippen molar-refractivity contribution in [2.24, 2.45) is 12.8 Å². The lowest BCUT2D eigenvalue weighted by Crippen LogP contribution is -2.12. The van der Waals surface area contributed by atoms with Crippen LogP contribution in [0.5, 0.6) is 0 Å². The number of nitrogens with zero attached hydrogens (tertiary/aromatic N) is 3. The lowest BCUT2D eigenvalue weighted by Gasteiger charge is -2.06. The molecule has 0 bridgehead atoms. The summed E-state index contributed by atoms with van der Waals surface area (Å²) in [5.41, 5.74) is 11.8. The molecule has 1 heterocycles. The molecule has 0 aliphatic rings. The first kappa shape index (κ1) is 11.5. The van der Waals surface area contributed by atoms with E-state index in [-0.39, 0.29) is 0 Å². The molecule has 0 fully saturated rings. The second-order valence-electron chi connectivity index (χ2n) is 3.45. The molecule has 0 spiro atoms. The Labute approximate surface area is 102 Å². The SMILES string of the molecule is Cn1cnnc1Sc1ccc(N)cc1C(N)=O. The zero-order valence-corrected chi connectivity index (χ0v) is 9.94. The molecular formula is C10H11N5OS. The van der Waals surface area contributed by atoms with Crippen LogP contribution in [0.2, 0.25) is 0 Å². The fraction of sp³-hybridized carbons (Fsp3) is 0.100. The van der Waals surface area contributed by atoms with Crippen molar-refractivity contribution in [1.82, 2.24) is 14.8 Å². The Bertz CT molecular complexity index is 566. The summed E-state index contributed by atoms with van der Waals surface area (Å²) in [7, 11) is 1.82. The summed E-state index contributed by atoms with van der Waals surface area (Å²) in [5.74, 6) is -0.512. The highest BCUT2D eigenvalue weighted by atomic mass is 32.2. The third-order valence-corrected chi connectivity index (χ3v) is 3.27. The van der Waals surface area contributed by atoms with Crippen molar-refractivity contribution in [3.8, 4) is 0 Å². The number of primary amides is 1. The maximum atomic E-state index is 11.3. The third-order valence-electron chi connectivity index (χ3n) is 2.14. The number of rotatable bonds is 3. The molecule has 1 aromatic heterocycles. The van der Waals surface area contributed by atoms with Crippen LogP contribution in [0.15, 0.2) is 34.6 Å². The number of hydrogen-bond donors (Lipinski definition) is 2. The maximum absolute atomic E-state index is 11.3. The van der Waals surface area contributed by atoms with Crippen molar-refractivity contribution >= 4 is 23.4 Å². The van der Waals surface area contributed by atoms with Crippen LogP contribution < -0.4 is 11.5 Å². The van der Waals surface area contributed by atoms with Crippen molar-refractivity contribution in [2.45, 2.75) is 10.1 Å². The number of aromatic nitrogens is 3. The zero-order valence-electron chi connectivity index (χ0n) is 9.12. The van der Waals surface area contributed by atoms with E-state index >= 15 is 0 Å². The summed E-state index contributed by atoms with van der Waals surface area (Å²) >= 11 is 1.32. The Hall–Kier alpha value is -2.02. The quantitative estimate of drug-likeness (QED) is 0.778. The number of nitrogen functional groups attached to an aromatic ring is 1. The van der Waals surface area contributed by atoms with Gasteiger partial charge in [-0.1, -0.05) is 0 Å². The number of carbonyl (C=O) groups is 1. The van der Waals surface area contributed by atoms with Gasteiger partial charge in [0.1, 0.15) is 6.33 Å². The Morgan fingerprint density at radius 2 is 2.24 bits per heavy atom. The van der Waals surface area contributed by atoms with Gasteiger partial charge in [0, 0.05) is 17.6 Å². The highest BCUT2D eigenvalue weighted by Gasteiger charge is 2.12. The van der Waals surface area contributed by atoms with E-state index in [1.165, 1.54) is 11.8 Å². The third kappa shape index (κ3) is 2.39. The minimum absolute atomic E-state index is 0.387. The molecule has 0 unspecified atom stereocenters. The van der Waals surface area contributed by atoms with Gasteiger partial charge in [0.05, 0.1) is 5.56 Å². The van der Waals surface area contributed by atoms with E-state index in [1.54, 1.807) is 29.1 Å². The number of benzene rings is 1. The largest absolute Gasteiger partial charge is 0.399 e. The van der Waals surface area contributed by atoms with E-state index < -0.39 is 5.91 Å². The molecule has 17 heavy (non-hydrogen) atoms. The average molecular weight is 249 g/mol. The summed E-state index contributed by atoms with van der Waals surface area (Å²) < 4.78 is 1.76. The normalized spacial score (nSPS) is 10.4. The summed E-state index contributed by atoms with van der Waals surface area (Å²) in [5, 5.41) is 8.37. The molecule has 2 aromatic rings. The molecule has 88 valence electrons. The van der Waals surface area contributed by atoms with Crippen LogP contribution in [0.1, 0.15) is 10.4 Å². The Morgan fingerprint density at radius 1 is 1.47 bits per heavy atom. The van der Waals surface area contributed by atoms with Crippen LogP contribution in [0.3, 0.4) is 0 Å². The lowest BCUT2D eigenvalue weighted by atomic mass is 10.2. The predicted molar refractivity (Wildman–Crippen MR) is 64.5 cm³/mol. The van der Waals surface area contributed by atoms with Crippen LogP contribution in [-0.4, -0.2) is 20.7 Å². The monoisotopic (exact) mass is 249 g/mol. The first-order valence-corrected chi connectivity index (χ1v) is 5.61. The Morgan fingerprint density at radius 3 is 2.82 bits per heavy atom. The van der Waals surface area contributed by atoms with E-state index in [2.05, 4.69) is 10.2 Å². The van der Waals surface area contributed by atoms with Gasteiger partial charge < -0.3 is 16.0 Å². The molecule has 4 N–H and O–H groups in total. The van der Waals surface area contributed by atoms with Crippen LogP contribution in [0, 0.1) is 0 Å². The summed E-state index contributed by atoms with van der Waals surface area (Å²) in [6.45, 7) is 0. The van der Waals surface area contributed by atoms with Crippen molar-refractivity contribution in [3.05, 3.63) is 30.1 Å². The van der Waals surface area contributed by atoms with Gasteiger partial charge in [-0.15, -0.1) is 10.2 Å². The summed E-state index contributed by atoms with van der Waals surface area (Å²) in [4.78, 5) is 12.0. The maximum Gasteiger partial charge on any atom is 0.249 e. The minimum atomic E-state index is -0.512. The van der Waals surface area contributed by atoms with Gasteiger partial charge >= 0.3 is 0 Å². The molecule has 7 heteroatoms. The molecule has 1 amide bonds. The molecule has 2 rings (SSSR count). The van der Waals surface area contributed by atoms with Gasteiger partial charge in [-0.2, -0.15) is 0 Å². The second kappa shape index (κ2) is 4.46. The van der Waals surface area contributed by atoms with Gasteiger partial charge in [-0.25, -0.2) is 0 Å². The van der Waals surface area contributed by atoms with Gasteiger partial charge in [-0.05, 0) is 30.0 Å². The van der Waals surface area contributed by atoms with E-state index in [4.69, 9.17) is 11.5 Å². The number of carbonyl (C=O) groups excluding carboxylic acids is 1. The smallest absolute Gasteiger partial charge is 0.249 e. The molecule has 0 aliphatic heterocycles. The number of hydrogen-bond acceptors (Lipinski definition) is 5. The van der Waals surface area contributed by atoms with Gasteiger partial charge in [0.15, 0.2) is 5.16 Å². The molecular weight excluding hydrogens is 238 g/mol. The van der Waals surface area contributed by atoms with E-state index in [9.17, 15) is 4.79 Å². The zero-order chi connectivity index (χ0) is 12.4. The van der Waals surface area contributed by atoms with E-state index in [0.717, 1.165) is 0 Å². The van der Waals surface area contributed by atoms with Crippen LogP contribution >= 0.6 is 11.8 Å². The summed E-state index contributed by atoms with van der Waals surface area (Å²) in [6.07, 6.45) is 1.59. The van der Waals surface area contributed by atoms with Gasteiger partial charge in [0.2, 0.25) is 5.91 Å². The average Bonchev–Trinajstić information content (AvgIpc) is 2.67. The predicted octanol–water partition coefficient (Wildman–Crippen LogP) is 0.647. The van der Waals surface area contributed by atoms with Crippen molar-refractivity contribution in [2.75, 3.05) is 5.73 Å². The highest BCUT2D eigenvalue weighted by Crippen LogP contribution is 2.29. The van der Waals surface area contributed by atoms with E-state index in [1.807, 2.05) is 7.05 Å². The Kier molecular flexibility index (Phi) is 3.01. The summed E-state index contributed by atoms with van der Waals surface area (Å²) in [6, 6.07) is 5.01. The molecule has 0 aliphatic carbocycles. The standard InChI is InChI=1S/C10H11N5OS/c1-15-5-13-14-10(15)17-8-3-2-6(11)4-7(8)9(12)16/h2-5H,11H2,1H3,(H2,12,16). The molecule has 0 saturated heterocycles. The van der Waals surface area contributed by atoms with Crippen molar-refractivity contribution in [1.29, 1.82) is 0 Å². The number of anilines is 1. The fourth-order valence-electron chi connectivity index (χ4n) is 1.29. The first-order chi connectivity index (χ1) is 8.08. The highest BCUT2D eigenvalue weighted by molar-refractivity contribution is 7.99. The number of nitrogens with two attached hydrogens (primary N) is 2. The molecule has 0 atom stereocenters. The molecule has 0 saturated carbocycles. The van der Waals surface area contributed by atoms with Gasteiger partial charge in [-0.3, -0.25) is 4.79 Å². The molecule has 1 aromatic carbocycles. The lowest BCUT2D eigenvalue weighted by molar-refractivity contribution is 0.0997. The molecule has 6 nitrogen and oxygen atoms in total. The van der Waals surface area contributed by atoms with Crippen LogP contribution in [0.4, 0.5) is 5.69 Å². The van der Waals surface area contributed by atoms with Crippen molar-refractivity contribution < 1.29 is 4.79 Å². The fourth-order valence-corrected chi connectivity index (χ4v) is 2.17.